The summed E-state index contributed by atoms with van der Waals surface area (Å²) in [6, 6.07) is 14.2. The van der Waals surface area contributed by atoms with Gasteiger partial charge in [-0.2, -0.15) is 0 Å². The topological polar surface area (TPSA) is 67.9 Å². The van der Waals surface area contributed by atoms with E-state index in [1.807, 2.05) is 43.3 Å². The van der Waals surface area contributed by atoms with Crippen LogP contribution in [-0.2, 0) is 4.74 Å². The molecular weight excluding hydrogens is 332 g/mol. The van der Waals surface area contributed by atoms with Crippen LogP contribution in [0.15, 0.2) is 48.5 Å². The Morgan fingerprint density at radius 3 is 2.27 bits per heavy atom. The van der Waals surface area contributed by atoms with Crippen molar-refractivity contribution < 1.29 is 19.1 Å². The maximum absolute atomic E-state index is 12.4. The molecule has 26 heavy (non-hydrogen) atoms. The number of ether oxygens (including phenoxy) is 2. The van der Waals surface area contributed by atoms with Crippen LogP contribution in [0.4, 0.5) is 0 Å². The second-order valence-electron chi connectivity index (χ2n) is 6.03. The highest BCUT2D eigenvalue weighted by molar-refractivity contribution is 5.96. The Labute approximate surface area is 153 Å². The first-order chi connectivity index (χ1) is 12.5. The Bertz CT molecular complexity index is 757. The molecule has 2 aromatic rings. The second kappa shape index (κ2) is 9.01. The van der Waals surface area contributed by atoms with E-state index in [9.17, 15) is 9.59 Å². The number of hydrogen-bond donors (Lipinski definition) is 1. The van der Waals surface area contributed by atoms with E-state index in [-0.39, 0.29) is 11.9 Å². The minimum absolute atomic E-state index is 0.00314. The molecule has 1 unspecified atom stereocenters. The Balaban J connectivity index is 2.06. The van der Waals surface area contributed by atoms with Crippen molar-refractivity contribution in [2.45, 2.75) is 6.04 Å². The lowest BCUT2D eigenvalue weighted by Crippen LogP contribution is -2.34. The molecule has 0 aliphatic heterocycles. The molecule has 6 heteroatoms. The Hall–Kier alpha value is -2.86. The summed E-state index contributed by atoms with van der Waals surface area (Å²) in [7, 11) is 6.87. The van der Waals surface area contributed by atoms with Gasteiger partial charge in [-0.1, -0.05) is 12.1 Å². The van der Waals surface area contributed by atoms with Gasteiger partial charge in [-0.05, 0) is 56.1 Å². The van der Waals surface area contributed by atoms with E-state index >= 15 is 0 Å². The highest BCUT2D eigenvalue weighted by atomic mass is 16.5. The molecule has 0 aromatic heterocycles. The van der Waals surface area contributed by atoms with Crippen molar-refractivity contribution in [3.05, 3.63) is 65.2 Å². The van der Waals surface area contributed by atoms with Crippen LogP contribution >= 0.6 is 0 Å². The molecule has 0 saturated carbocycles. The molecule has 6 nitrogen and oxygen atoms in total. The van der Waals surface area contributed by atoms with Gasteiger partial charge in [0.2, 0.25) is 0 Å². The molecule has 2 aromatic carbocycles. The molecule has 0 radical (unpaired) electrons. The summed E-state index contributed by atoms with van der Waals surface area (Å²) in [6.45, 7) is 0.442. The molecule has 0 aliphatic carbocycles. The van der Waals surface area contributed by atoms with Crippen molar-refractivity contribution in [2.24, 2.45) is 0 Å². The van der Waals surface area contributed by atoms with Crippen LogP contribution in [0.25, 0.3) is 0 Å². The predicted molar refractivity (Wildman–Crippen MR) is 99.5 cm³/mol. The van der Waals surface area contributed by atoms with Gasteiger partial charge in [0.15, 0.2) is 0 Å². The van der Waals surface area contributed by atoms with E-state index in [4.69, 9.17) is 4.74 Å². The maximum atomic E-state index is 12.4. The highest BCUT2D eigenvalue weighted by Gasteiger charge is 2.17. The number of nitrogens with zero attached hydrogens (tertiary/aromatic N) is 1. The average molecular weight is 356 g/mol. The molecule has 0 heterocycles. The van der Waals surface area contributed by atoms with Crippen LogP contribution in [-0.4, -0.2) is 51.6 Å². The Morgan fingerprint density at radius 2 is 1.69 bits per heavy atom. The molecule has 1 atom stereocenters. The van der Waals surface area contributed by atoms with E-state index < -0.39 is 5.97 Å². The number of methoxy groups -OCH3 is 2. The largest absolute Gasteiger partial charge is 0.497 e. The van der Waals surface area contributed by atoms with Gasteiger partial charge >= 0.3 is 5.97 Å². The van der Waals surface area contributed by atoms with E-state index in [0.717, 1.165) is 11.3 Å². The quantitative estimate of drug-likeness (QED) is 0.772. The molecule has 138 valence electrons. The molecular formula is C20H24N2O4. The van der Waals surface area contributed by atoms with Crippen molar-refractivity contribution >= 4 is 11.9 Å². The summed E-state index contributed by atoms with van der Waals surface area (Å²) in [5, 5.41) is 2.94. The van der Waals surface area contributed by atoms with Crippen LogP contribution in [0, 0.1) is 0 Å². The number of hydrogen-bond acceptors (Lipinski definition) is 5. The van der Waals surface area contributed by atoms with Crippen molar-refractivity contribution in [2.75, 3.05) is 34.9 Å². The third-order valence-corrected chi connectivity index (χ3v) is 4.13. The van der Waals surface area contributed by atoms with Crippen molar-refractivity contribution in [1.29, 1.82) is 0 Å². The summed E-state index contributed by atoms with van der Waals surface area (Å²) < 4.78 is 9.93. The minimum atomic E-state index is -0.428. The molecule has 2 rings (SSSR count). The normalized spacial score (nSPS) is 11.7. The third-order valence-electron chi connectivity index (χ3n) is 4.13. The second-order valence-corrected chi connectivity index (χ2v) is 6.03. The van der Waals surface area contributed by atoms with E-state index in [1.54, 1.807) is 31.4 Å². The average Bonchev–Trinajstić information content (AvgIpc) is 2.67. The smallest absolute Gasteiger partial charge is 0.337 e. The van der Waals surface area contributed by atoms with Gasteiger partial charge in [0.05, 0.1) is 25.8 Å². The molecule has 1 amide bonds. The lowest BCUT2D eigenvalue weighted by molar-refractivity contribution is 0.0600. The van der Waals surface area contributed by atoms with E-state index in [1.165, 1.54) is 7.11 Å². The SMILES string of the molecule is COC(=O)c1ccc(C(=O)NCC(c2cccc(OC)c2)N(C)C)cc1. The van der Waals surface area contributed by atoms with Crippen LogP contribution < -0.4 is 10.1 Å². The van der Waals surface area contributed by atoms with E-state index in [0.29, 0.717) is 17.7 Å². The zero-order chi connectivity index (χ0) is 19.1. The highest BCUT2D eigenvalue weighted by Crippen LogP contribution is 2.22. The van der Waals surface area contributed by atoms with Gasteiger partial charge in [0, 0.05) is 12.1 Å². The number of nitrogens with one attached hydrogen (secondary N) is 1. The fraction of sp³-hybridized carbons (Fsp3) is 0.300. The van der Waals surface area contributed by atoms with Gasteiger partial charge in [0.1, 0.15) is 5.75 Å². The molecule has 0 spiro atoms. The number of carbonyl (C=O) groups excluding carboxylic acids is 2. The first kappa shape index (κ1) is 19.5. The Morgan fingerprint density at radius 1 is 1.04 bits per heavy atom. The number of benzene rings is 2. The number of amides is 1. The zero-order valence-electron chi connectivity index (χ0n) is 15.5. The fourth-order valence-electron chi connectivity index (χ4n) is 2.61. The molecule has 0 fully saturated rings. The molecule has 1 N–H and O–H groups in total. The van der Waals surface area contributed by atoms with Crippen LogP contribution in [0.3, 0.4) is 0 Å². The third kappa shape index (κ3) is 4.83. The molecule has 0 saturated heterocycles. The maximum Gasteiger partial charge on any atom is 0.337 e. The summed E-state index contributed by atoms with van der Waals surface area (Å²) in [6.07, 6.45) is 0. The number of rotatable bonds is 7. The van der Waals surface area contributed by atoms with Crippen LogP contribution in [0.2, 0.25) is 0 Å². The zero-order valence-corrected chi connectivity index (χ0v) is 15.5. The molecule has 0 bridgehead atoms. The number of likely N-dealkylation sites (N-methyl/N-ethyl adjacent to an activating group) is 1. The van der Waals surface area contributed by atoms with Crippen LogP contribution in [0.1, 0.15) is 32.3 Å². The summed E-state index contributed by atoms with van der Waals surface area (Å²) in [4.78, 5) is 25.9. The van der Waals surface area contributed by atoms with Crippen molar-refractivity contribution in [3.63, 3.8) is 0 Å². The molecule has 0 aliphatic rings. The Kier molecular flexibility index (Phi) is 6.74. The van der Waals surface area contributed by atoms with Gasteiger partial charge in [0.25, 0.3) is 5.91 Å². The van der Waals surface area contributed by atoms with Crippen molar-refractivity contribution in [1.82, 2.24) is 10.2 Å². The fourth-order valence-corrected chi connectivity index (χ4v) is 2.61. The van der Waals surface area contributed by atoms with Crippen LogP contribution in [0.5, 0.6) is 5.75 Å². The predicted octanol–water partition coefficient (Wildman–Crippen LogP) is 2.51. The monoisotopic (exact) mass is 356 g/mol. The van der Waals surface area contributed by atoms with Gasteiger partial charge < -0.3 is 19.7 Å². The lowest BCUT2D eigenvalue weighted by atomic mass is 10.1. The van der Waals surface area contributed by atoms with Gasteiger partial charge in [-0.3, -0.25) is 4.79 Å². The summed E-state index contributed by atoms with van der Waals surface area (Å²) >= 11 is 0. The van der Waals surface area contributed by atoms with Gasteiger partial charge in [-0.25, -0.2) is 4.79 Å². The summed E-state index contributed by atoms with van der Waals surface area (Å²) in [5.74, 6) is 0.151. The standard InChI is InChI=1S/C20H24N2O4/c1-22(2)18(16-6-5-7-17(12-16)25-3)13-21-19(23)14-8-10-15(11-9-14)20(24)26-4/h5-12,18H,13H2,1-4H3,(H,21,23). The van der Waals surface area contributed by atoms with Gasteiger partial charge in [-0.15, -0.1) is 0 Å². The summed E-state index contributed by atoms with van der Waals surface area (Å²) in [5.41, 5.74) is 1.95. The lowest BCUT2D eigenvalue weighted by Gasteiger charge is -2.25. The first-order valence-corrected chi connectivity index (χ1v) is 8.23. The number of esters is 1. The first-order valence-electron chi connectivity index (χ1n) is 8.23. The minimum Gasteiger partial charge on any atom is -0.497 e. The van der Waals surface area contributed by atoms with Crippen molar-refractivity contribution in [3.8, 4) is 5.75 Å². The van der Waals surface area contributed by atoms with E-state index in [2.05, 4.69) is 10.1 Å². The number of carbonyl (C=O) groups is 2.